The lowest BCUT2D eigenvalue weighted by molar-refractivity contribution is 1.22. The van der Waals surface area contributed by atoms with Crippen molar-refractivity contribution < 1.29 is 0 Å². The van der Waals surface area contributed by atoms with Crippen LogP contribution in [0, 0.1) is 6.20 Å². The third-order valence-electron chi connectivity index (χ3n) is 1.50. The van der Waals surface area contributed by atoms with Gasteiger partial charge in [0, 0.05) is 11.8 Å². The van der Waals surface area contributed by atoms with Crippen LogP contribution in [-0.4, -0.2) is 4.98 Å². The van der Waals surface area contributed by atoms with E-state index >= 15 is 0 Å². The van der Waals surface area contributed by atoms with Crippen molar-refractivity contribution in [1.82, 2.24) is 4.98 Å². The smallest absolute Gasteiger partial charge is 0.0967 e. The molecule has 1 heteroatoms. The molecule has 1 aromatic rings. The van der Waals surface area contributed by atoms with Gasteiger partial charge in [0.1, 0.15) is 0 Å². The van der Waals surface area contributed by atoms with Crippen LogP contribution >= 0.6 is 0 Å². The van der Waals surface area contributed by atoms with E-state index in [2.05, 4.69) is 23.3 Å². The highest BCUT2D eigenvalue weighted by atomic mass is 14.6. The Kier molecular flexibility index (Phi) is 0.890. The van der Waals surface area contributed by atoms with Gasteiger partial charge in [0.15, 0.2) is 0 Å². The van der Waals surface area contributed by atoms with Gasteiger partial charge >= 0.3 is 0 Å². The second kappa shape index (κ2) is 1.69. The average Bonchev–Trinajstić information content (AvgIpc) is 2.33. The highest BCUT2D eigenvalue weighted by Gasteiger charge is 2.01. The van der Waals surface area contributed by atoms with Crippen LogP contribution < -0.4 is 0 Å². The second-order valence-corrected chi connectivity index (χ2v) is 2.10. The fourth-order valence-electron chi connectivity index (χ4n) is 1.02. The number of allylic oxidation sites excluding steroid dienone is 1. The molecule has 0 amide bonds. The summed E-state index contributed by atoms with van der Waals surface area (Å²) in [6, 6.07) is 2.03. The number of hydrogen-bond donors (Lipinski definition) is 0. The van der Waals surface area contributed by atoms with Crippen molar-refractivity contribution in [2.45, 2.75) is 6.42 Å². The maximum absolute atomic E-state index is 3.88. The molecule has 1 aliphatic carbocycles. The lowest BCUT2D eigenvalue weighted by Gasteiger charge is -1.91. The Morgan fingerprint density at radius 3 is 3.44 bits per heavy atom. The van der Waals surface area contributed by atoms with Gasteiger partial charge in [-0.15, -0.1) is 0 Å². The molecule has 0 bridgehead atoms. The van der Waals surface area contributed by atoms with Crippen molar-refractivity contribution in [2.24, 2.45) is 0 Å². The highest BCUT2D eigenvalue weighted by molar-refractivity contribution is 5.57. The first-order valence-electron chi connectivity index (χ1n) is 2.99. The summed E-state index contributed by atoms with van der Waals surface area (Å²) in [5, 5.41) is 0. The summed E-state index contributed by atoms with van der Waals surface area (Å²) in [4.78, 5) is 3.88. The van der Waals surface area contributed by atoms with Crippen molar-refractivity contribution in [1.29, 1.82) is 0 Å². The summed E-state index contributed by atoms with van der Waals surface area (Å²) < 4.78 is 0. The summed E-state index contributed by atoms with van der Waals surface area (Å²) in [5.74, 6) is 0. The molecule has 1 nitrogen and oxygen atoms in total. The van der Waals surface area contributed by atoms with E-state index in [1.807, 2.05) is 6.07 Å². The maximum atomic E-state index is 3.88. The molecule has 0 unspecified atom stereocenters. The van der Waals surface area contributed by atoms with E-state index in [9.17, 15) is 0 Å². The number of nitrogens with zero attached hydrogens (tertiary/aromatic N) is 1. The topological polar surface area (TPSA) is 12.9 Å². The molecule has 0 aromatic carbocycles. The van der Waals surface area contributed by atoms with Crippen LogP contribution in [-0.2, 0) is 6.42 Å². The lowest BCUT2D eigenvalue weighted by atomic mass is 10.2. The molecule has 0 fully saturated rings. The number of fused-ring (bicyclic) bond motifs is 1. The first kappa shape index (κ1) is 4.74. The number of hydrogen-bond acceptors (Lipinski definition) is 1. The fraction of sp³-hybridized carbons (Fsp3) is 0.125. The van der Waals surface area contributed by atoms with Gasteiger partial charge < -0.3 is 0 Å². The van der Waals surface area contributed by atoms with E-state index in [4.69, 9.17) is 0 Å². The highest BCUT2D eigenvalue weighted by Crippen LogP contribution is 2.15. The van der Waals surface area contributed by atoms with E-state index in [1.54, 1.807) is 6.20 Å². The van der Waals surface area contributed by atoms with Gasteiger partial charge in [-0.1, -0.05) is 12.2 Å². The molecular formula is C8H6N. The summed E-state index contributed by atoms with van der Waals surface area (Å²) in [7, 11) is 0. The number of aromatic nitrogens is 1. The van der Waals surface area contributed by atoms with Crippen molar-refractivity contribution in [3.8, 4) is 0 Å². The zero-order valence-electron chi connectivity index (χ0n) is 4.96. The van der Waals surface area contributed by atoms with Gasteiger partial charge in [0.25, 0.3) is 0 Å². The van der Waals surface area contributed by atoms with Gasteiger partial charge in [0.2, 0.25) is 0 Å². The summed E-state index contributed by atoms with van der Waals surface area (Å²) >= 11 is 0. The molecule has 1 aliphatic rings. The molecule has 1 heterocycles. The zero-order chi connectivity index (χ0) is 6.10. The predicted molar refractivity (Wildman–Crippen MR) is 35.8 cm³/mol. The minimum atomic E-state index is 1.05. The summed E-state index contributed by atoms with van der Waals surface area (Å²) in [6.07, 6.45) is 9.93. The second-order valence-electron chi connectivity index (χ2n) is 2.10. The van der Waals surface area contributed by atoms with Crippen molar-refractivity contribution >= 4 is 6.08 Å². The largest absolute Gasteiger partial charge is 0.254 e. The van der Waals surface area contributed by atoms with Crippen molar-refractivity contribution in [3.05, 3.63) is 35.7 Å². The Hall–Kier alpha value is -1.11. The molecule has 0 N–H and O–H groups in total. The van der Waals surface area contributed by atoms with Crippen molar-refractivity contribution in [2.75, 3.05) is 0 Å². The molecule has 0 atom stereocenters. The zero-order valence-corrected chi connectivity index (χ0v) is 4.96. The van der Waals surface area contributed by atoms with Gasteiger partial charge in [0.05, 0.1) is 6.20 Å². The van der Waals surface area contributed by atoms with Crippen molar-refractivity contribution in [3.63, 3.8) is 0 Å². The van der Waals surface area contributed by atoms with E-state index < -0.39 is 0 Å². The Bertz CT molecular complexity index is 250. The molecule has 9 heavy (non-hydrogen) atoms. The molecule has 0 saturated heterocycles. The Labute approximate surface area is 54.1 Å². The first-order valence-corrected chi connectivity index (χ1v) is 2.99. The number of rotatable bonds is 0. The standard InChI is InChI=1S/C8H6N/c1-2-7-4-5-9-6-8(7)3-1/h1,3-5H,2H2. The Morgan fingerprint density at radius 2 is 2.56 bits per heavy atom. The van der Waals surface area contributed by atoms with Gasteiger partial charge in [-0.3, -0.25) is 4.98 Å². The van der Waals surface area contributed by atoms with Crippen LogP contribution in [0.4, 0.5) is 0 Å². The number of pyridine rings is 1. The quantitative estimate of drug-likeness (QED) is 0.500. The molecular weight excluding hydrogens is 110 g/mol. The predicted octanol–water partition coefficient (Wildman–Crippen LogP) is 1.45. The first-order chi connectivity index (χ1) is 4.47. The van der Waals surface area contributed by atoms with Crippen LogP contribution in [0.3, 0.4) is 0 Å². The van der Waals surface area contributed by atoms with Crippen LogP contribution in [0.15, 0.2) is 18.3 Å². The summed E-state index contributed by atoms with van der Waals surface area (Å²) in [5.41, 5.74) is 2.49. The van der Waals surface area contributed by atoms with Crippen LogP contribution in [0.1, 0.15) is 11.1 Å². The van der Waals surface area contributed by atoms with E-state index in [1.165, 1.54) is 5.56 Å². The Balaban J connectivity index is 2.63. The molecule has 1 radical (unpaired) electrons. The normalized spacial score (nSPS) is 13.8. The third-order valence-corrected chi connectivity index (χ3v) is 1.50. The van der Waals surface area contributed by atoms with E-state index in [-0.39, 0.29) is 0 Å². The Morgan fingerprint density at radius 1 is 1.56 bits per heavy atom. The van der Waals surface area contributed by atoms with E-state index in [0.717, 1.165) is 12.0 Å². The molecule has 1 aromatic heterocycles. The lowest BCUT2D eigenvalue weighted by Crippen LogP contribution is -1.81. The van der Waals surface area contributed by atoms with Crippen LogP contribution in [0.25, 0.3) is 6.08 Å². The van der Waals surface area contributed by atoms with Crippen LogP contribution in [0.5, 0.6) is 0 Å². The van der Waals surface area contributed by atoms with Gasteiger partial charge in [-0.2, -0.15) is 0 Å². The van der Waals surface area contributed by atoms with Gasteiger partial charge in [-0.25, -0.2) is 0 Å². The molecule has 43 valence electrons. The fourth-order valence-corrected chi connectivity index (χ4v) is 1.02. The molecule has 2 rings (SSSR count). The third kappa shape index (κ3) is 0.653. The monoisotopic (exact) mass is 116 g/mol. The summed E-state index contributed by atoms with van der Waals surface area (Å²) in [6.45, 7) is 0. The van der Waals surface area contributed by atoms with E-state index in [0.29, 0.717) is 0 Å². The maximum Gasteiger partial charge on any atom is 0.0967 e. The van der Waals surface area contributed by atoms with Gasteiger partial charge in [-0.05, 0) is 18.1 Å². The van der Waals surface area contributed by atoms with Crippen LogP contribution in [0.2, 0.25) is 0 Å². The minimum absolute atomic E-state index is 1.05. The molecule has 0 saturated carbocycles. The molecule has 0 aliphatic heterocycles. The molecule has 0 spiro atoms. The SMILES string of the molecule is [c]1nccc2c1C=CC2. The average molecular weight is 116 g/mol. The minimum Gasteiger partial charge on any atom is -0.254 e.